The van der Waals surface area contributed by atoms with Crippen molar-refractivity contribution in [3.8, 4) is 0 Å². The van der Waals surface area contributed by atoms with E-state index in [9.17, 15) is 4.79 Å². The number of amides is 1. The zero-order chi connectivity index (χ0) is 23.7. The van der Waals surface area contributed by atoms with Gasteiger partial charge in [0.1, 0.15) is 5.65 Å². The van der Waals surface area contributed by atoms with E-state index in [1.807, 2.05) is 0 Å². The van der Waals surface area contributed by atoms with Gasteiger partial charge in [0.05, 0.1) is 11.4 Å². The highest BCUT2D eigenvalue weighted by molar-refractivity contribution is 6.08. The van der Waals surface area contributed by atoms with Crippen molar-refractivity contribution in [1.82, 2.24) is 14.9 Å². The fourth-order valence-electron chi connectivity index (χ4n) is 5.84. The molecule has 1 saturated carbocycles. The molecule has 4 heteroatoms. The molecule has 1 fully saturated rings. The molecule has 34 heavy (non-hydrogen) atoms. The Labute approximate surface area is 202 Å². The van der Waals surface area contributed by atoms with Gasteiger partial charge in [0.15, 0.2) is 0 Å². The summed E-state index contributed by atoms with van der Waals surface area (Å²) in [6, 6.07) is 19.5. The number of aromatic nitrogens is 2. The molecule has 1 N–H and O–H groups in total. The van der Waals surface area contributed by atoms with Crippen LogP contribution in [-0.2, 0) is 11.3 Å². The molecule has 2 heterocycles. The van der Waals surface area contributed by atoms with Crippen LogP contribution in [0, 0.1) is 19.8 Å². The number of aryl methyl sites for hydroxylation is 2. The fourth-order valence-corrected chi connectivity index (χ4v) is 5.84. The first-order valence-corrected chi connectivity index (χ1v) is 12.8. The van der Waals surface area contributed by atoms with Crippen LogP contribution < -0.4 is 5.32 Å². The molecular weight excluding hydrogens is 418 g/mol. The van der Waals surface area contributed by atoms with E-state index in [1.165, 1.54) is 40.3 Å². The summed E-state index contributed by atoms with van der Waals surface area (Å²) in [6.45, 7) is 7.85. The first kappa shape index (κ1) is 22.6. The highest BCUT2D eigenvalue weighted by atomic mass is 16.1. The van der Waals surface area contributed by atoms with Crippen LogP contribution >= 0.6 is 0 Å². The minimum atomic E-state index is -0.0386. The average Bonchev–Trinajstić information content (AvgIpc) is 3.46. The van der Waals surface area contributed by atoms with Gasteiger partial charge < -0.3 is 9.88 Å². The summed E-state index contributed by atoms with van der Waals surface area (Å²) in [5.74, 6) is 0.609. The van der Waals surface area contributed by atoms with Crippen LogP contribution in [-0.4, -0.2) is 22.0 Å². The maximum absolute atomic E-state index is 13.1. The van der Waals surface area contributed by atoms with Gasteiger partial charge in [-0.25, -0.2) is 4.98 Å². The minimum absolute atomic E-state index is 0.0386. The predicted molar refractivity (Wildman–Crippen MR) is 140 cm³/mol. The maximum Gasteiger partial charge on any atom is 0.227 e. The molecule has 2 aromatic carbocycles. The zero-order valence-electron chi connectivity index (χ0n) is 20.6. The Kier molecular flexibility index (Phi) is 6.40. The second-order valence-corrected chi connectivity index (χ2v) is 9.94. The van der Waals surface area contributed by atoms with Crippen LogP contribution in [0.25, 0.3) is 21.9 Å². The monoisotopic (exact) mass is 453 g/mol. The first-order valence-electron chi connectivity index (χ1n) is 12.8. The average molecular weight is 454 g/mol. The minimum Gasteiger partial charge on any atom is -0.356 e. The van der Waals surface area contributed by atoms with Gasteiger partial charge in [-0.05, 0) is 67.9 Å². The molecule has 176 valence electrons. The van der Waals surface area contributed by atoms with Crippen molar-refractivity contribution in [3.05, 3.63) is 77.0 Å². The third-order valence-corrected chi connectivity index (χ3v) is 7.43. The molecule has 0 saturated heterocycles. The molecule has 1 aliphatic carbocycles. The third kappa shape index (κ3) is 4.22. The summed E-state index contributed by atoms with van der Waals surface area (Å²) in [4.78, 5) is 18.0. The summed E-state index contributed by atoms with van der Waals surface area (Å²) < 4.78 is 2.34. The molecule has 1 atom stereocenters. The number of carbonyl (C=O) groups excluding carboxylic acids is 1. The Bertz CT molecular complexity index is 1310. The highest BCUT2D eigenvalue weighted by Crippen LogP contribution is 2.38. The van der Waals surface area contributed by atoms with E-state index >= 15 is 0 Å². The smallest absolute Gasteiger partial charge is 0.227 e. The molecular formula is C30H35N3O. The molecule has 0 aliphatic heterocycles. The number of nitrogens with one attached hydrogen (secondary N) is 1. The molecule has 4 aromatic rings. The number of rotatable bonds is 7. The van der Waals surface area contributed by atoms with Crippen LogP contribution in [0.3, 0.4) is 0 Å². The van der Waals surface area contributed by atoms with E-state index < -0.39 is 0 Å². The maximum atomic E-state index is 13.1. The van der Waals surface area contributed by atoms with Gasteiger partial charge in [0.25, 0.3) is 0 Å². The van der Waals surface area contributed by atoms with Crippen molar-refractivity contribution in [1.29, 1.82) is 0 Å². The van der Waals surface area contributed by atoms with E-state index in [2.05, 4.69) is 85.3 Å². The molecule has 5 rings (SSSR count). The van der Waals surface area contributed by atoms with Crippen LogP contribution in [0.2, 0.25) is 0 Å². The Morgan fingerprint density at radius 1 is 1.09 bits per heavy atom. The largest absolute Gasteiger partial charge is 0.356 e. The lowest BCUT2D eigenvalue weighted by Crippen LogP contribution is -2.33. The van der Waals surface area contributed by atoms with Crippen LogP contribution in [0.15, 0.2) is 54.6 Å². The van der Waals surface area contributed by atoms with Crippen molar-refractivity contribution >= 4 is 27.8 Å². The van der Waals surface area contributed by atoms with Gasteiger partial charge in [0, 0.05) is 29.6 Å². The quantitative estimate of drug-likeness (QED) is 0.340. The second kappa shape index (κ2) is 9.61. The normalized spacial score (nSPS) is 15.3. The number of fused-ring (bicyclic) bond motifs is 3. The van der Waals surface area contributed by atoms with E-state index in [0.717, 1.165) is 49.3 Å². The lowest BCUT2D eigenvalue weighted by atomic mass is 9.83. The molecule has 2 aromatic heterocycles. The Balaban J connectivity index is 1.49. The summed E-state index contributed by atoms with van der Waals surface area (Å²) in [5.41, 5.74) is 6.95. The van der Waals surface area contributed by atoms with Gasteiger partial charge in [-0.15, -0.1) is 0 Å². The Hall–Kier alpha value is -3.14. The lowest BCUT2D eigenvalue weighted by Gasteiger charge is -2.23. The van der Waals surface area contributed by atoms with E-state index in [-0.39, 0.29) is 11.8 Å². The summed E-state index contributed by atoms with van der Waals surface area (Å²) >= 11 is 0. The number of nitrogens with zero attached hydrogens (tertiary/aromatic N) is 2. The molecule has 1 amide bonds. The Morgan fingerprint density at radius 3 is 2.56 bits per heavy atom. The van der Waals surface area contributed by atoms with Gasteiger partial charge in [-0.2, -0.15) is 0 Å². The van der Waals surface area contributed by atoms with Crippen molar-refractivity contribution < 1.29 is 4.79 Å². The van der Waals surface area contributed by atoms with Crippen LogP contribution in [0.1, 0.15) is 67.3 Å². The van der Waals surface area contributed by atoms with Crippen molar-refractivity contribution in [2.45, 2.75) is 65.3 Å². The number of hydrogen-bond donors (Lipinski definition) is 1. The standard InChI is InChI=1S/C30H35N3O/c1-4-17-31-30(34)28(23-9-5-6-10-23)24-15-13-22(14-16-24)19-33-26-12-8-7-11-25(26)27-20(2)18-21(3)32-29(27)33/h7-8,11-16,18,23,28H,4-6,9-10,17,19H2,1-3H3,(H,31,34). The molecule has 1 aliphatic rings. The molecule has 1 unspecified atom stereocenters. The fraction of sp³-hybridized carbons (Fsp3) is 0.400. The third-order valence-electron chi connectivity index (χ3n) is 7.43. The topological polar surface area (TPSA) is 46.9 Å². The molecule has 4 nitrogen and oxygen atoms in total. The van der Waals surface area contributed by atoms with Crippen LogP contribution in [0.5, 0.6) is 0 Å². The zero-order valence-corrected chi connectivity index (χ0v) is 20.6. The summed E-state index contributed by atoms with van der Waals surface area (Å²) in [7, 11) is 0. The number of pyridine rings is 1. The van der Waals surface area contributed by atoms with E-state index in [0.29, 0.717) is 5.92 Å². The molecule has 0 bridgehead atoms. The summed E-state index contributed by atoms with van der Waals surface area (Å²) in [6.07, 6.45) is 5.74. The van der Waals surface area contributed by atoms with Gasteiger partial charge >= 0.3 is 0 Å². The van der Waals surface area contributed by atoms with Gasteiger partial charge in [-0.3, -0.25) is 4.79 Å². The Morgan fingerprint density at radius 2 is 1.82 bits per heavy atom. The lowest BCUT2D eigenvalue weighted by molar-refractivity contribution is -0.123. The number of hydrogen-bond acceptors (Lipinski definition) is 2. The SMILES string of the molecule is CCCNC(=O)C(c1ccc(Cn2c3ccccc3c3c(C)cc(C)nc32)cc1)C1CCCC1. The van der Waals surface area contributed by atoms with Crippen molar-refractivity contribution in [2.75, 3.05) is 6.54 Å². The highest BCUT2D eigenvalue weighted by Gasteiger charge is 2.31. The number of benzene rings is 2. The van der Waals surface area contributed by atoms with Crippen LogP contribution in [0.4, 0.5) is 0 Å². The van der Waals surface area contributed by atoms with E-state index in [1.54, 1.807) is 0 Å². The number of carbonyl (C=O) groups is 1. The second-order valence-electron chi connectivity index (χ2n) is 9.94. The summed E-state index contributed by atoms with van der Waals surface area (Å²) in [5, 5.41) is 5.66. The van der Waals surface area contributed by atoms with Gasteiger partial charge in [0.2, 0.25) is 5.91 Å². The molecule has 0 radical (unpaired) electrons. The van der Waals surface area contributed by atoms with Gasteiger partial charge in [-0.1, -0.05) is 62.2 Å². The number of para-hydroxylation sites is 1. The van der Waals surface area contributed by atoms with E-state index in [4.69, 9.17) is 4.98 Å². The first-order chi connectivity index (χ1) is 16.6. The van der Waals surface area contributed by atoms with Crippen molar-refractivity contribution in [2.24, 2.45) is 5.92 Å². The van der Waals surface area contributed by atoms with Crippen molar-refractivity contribution in [3.63, 3.8) is 0 Å². The predicted octanol–water partition coefficient (Wildman–Crippen LogP) is 6.65. The molecule has 0 spiro atoms.